The summed E-state index contributed by atoms with van der Waals surface area (Å²) >= 11 is 0. The Balaban J connectivity index is 3.25. The highest BCUT2D eigenvalue weighted by atomic mass is 16.5. The Bertz CT molecular complexity index is 118. The van der Waals surface area contributed by atoms with Gasteiger partial charge in [0.2, 0.25) is 0 Å². The predicted octanol–water partition coefficient (Wildman–Crippen LogP) is 2.14. The second-order valence-corrected chi connectivity index (χ2v) is 2.09. The molecule has 0 aromatic heterocycles. The van der Waals surface area contributed by atoms with Crippen LogP contribution in [-0.4, -0.2) is 0 Å². The third kappa shape index (κ3) is 5.22. The average Bonchev–Trinajstić information content (AvgIpc) is 1.97. The minimum Gasteiger partial charge on any atom is -0.468 e. The molecule has 0 saturated carbocycles. The number of nitrogens with two attached hydrogens (primary N) is 1. The van der Waals surface area contributed by atoms with Crippen LogP contribution in [0.25, 0.3) is 0 Å². The minimum absolute atomic E-state index is 0.781. The van der Waals surface area contributed by atoms with E-state index in [1.165, 1.54) is 12.5 Å². The van der Waals surface area contributed by atoms with Crippen LogP contribution in [-0.2, 0) is 4.74 Å². The second kappa shape index (κ2) is 6.20. The molecule has 0 radical (unpaired) electrons. The molecule has 0 aliphatic carbocycles. The molecule has 0 rings (SSSR count). The second-order valence-electron chi connectivity index (χ2n) is 2.09. The lowest BCUT2D eigenvalue weighted by molar-refractivity contribution is 0.331. The molecule has 0 aromatic carbocycles. The molecule has 2 heteroatoms. The van der Waals surface area contributed by atoms with Crippen molar-refractivity contribution in [3.63, 3.8) is 0 Å². The van der Waals surface area contributed by atoms with Crippen molar-refractivity contribution in [2.45, 2.75) is 26.2 Å². The van der Waals surface area contributed by atoms with Crippen LogP contribution in [0.1, 0.15) is 26.2 Å². The van der Waals surface area contributed by atoms with Gasteiger partial charge in [-0.2, -0.15) is 0 Å². The van der Waals surface area contributed by atoms with Gasteiger partial charge >= 0.3 is 0 Å². The number of rotatable bonds is 5. The van der Waals surface area contributed by atoms with Gasteiger partial charge in [0.15, 0.2) is 0 Å². The van der Waals surface area contributed by atoms with E-state index in [2.05, 4.69) is 13.5 Å². The van der Waals surface area contributed by atoms with Gasteiger partial charge in [0, 0.05) is 12.6 Å². The number of ether oxygens (including phenoxy) is 1. The first-order valence-corrected chi connectivity index (χ1v) is 3.52. The van der Waals surface area contributed by atoms with Crippen LogP contribution in [0.5, 0.6) is 0 Å². The summed E-state index contributed by atoms with van der Waals surface area (Å²) in [5, 5.41) is 0. The third-order valence-corrected chi connectivity index (χ3v) is 1.12. The Morgan fingerprint density at radius 2 is 2.40 bits per heavy atom. The van der Waals surface area contributed by atoms with Crippen LogP contribution in [0.3, 0.4) is 0 Å². The molecule has 0 fully saturated rings. The lowest BCUT2D eigenvalue weighted by Crippen LogP contribution is -1.85. The van der Waals surface area contributed by atoms with E-state index in [0.29, 0.717) is 0 Å². The molecule has 10 heavy (non-hydrogen) atoms. The van der Waals surface area contributed by atoms with Crippen molar-refractivity contribution in [2.75, 3.05) is 0 Å². The van der Waals surface area contributed by atoms with Gasteiger partial charge in [-0.3, -0.25) is 0 Å². The Morgan fingerprint density at radius 1 is 1.70 bits per heavy atom. The fourth-order valence-corrected chi connectivity index (χ4v) is 0.568. The van der Waals surface area contributed by atoms with Crippen LogP contribution in [0.2, 0.25) is 0 Å². The van der Waals surface area contributed by atoms with E-state index in [0.717, 1.165) is 25.0 Å². The van der Waals surface area contributed by atoms with Crippen molar-refractivity contribution in [3.05, 3.63) is 24.8 Å². The van der Waals surface area contributed by atoms with Crippen LogP contribution in [0.4, 0.5) is 0 Å². The lowest BCUT2D eigenvalue weighted by atomic mass is 10.2. The molecule has 0 aliphatic rings. The van der Waals surface area contributed by atoms with Crippen LogP contribution >= 0.6 is 0 Å². The lowest BCUT2D eigenvalue weighted by Gasteiger charge is -2.01. The summed E-state index contributed by atoms with van der Waals surface area (Å²) in [7, 11) is 0. The highest BCUT2D eigenvalue weighted by Crippen LogP contribution is 2.05. The molecule has 0 amide bonds. The van der Waals surface area contributed by atoms with Gasteiger partial charge in [-0.15, -0.1) is 0 Å². The van der Waals surface area contributed by atoms with Crippen molar-refractivity contribution >= 4 is 0 Å². The molecule has 0 atom stereocenters. The van der Waals surface area contributed by atoms with Crippen molar-refractivity contribution in [2.24, 2.45) is 5.73 Å². The van der Waals surface area contributed by atoms with Gasteiger partial charge in [-0.25, -0.2) is 0 Å². The van der Waals surface area contributed by atoms with Gasteiger partial charge < -0.3 is 10.5 Å². The minimum atomic E-state index is 0.781. The van der Waals surface area contributed by atoms with Crippen molar-refractivity contribution in [3.8, 4) is 0 Å². The summed E-state index contributed by atoms with van der Waals surface area (Å²) in [6.07, 6.45) is 6.00. The van der Waals surface area contributed by atoms with Gasteiger partial charge in [0.25, 0.3) is 0 Å². The molecule has 0 saturated heterocycles. The summed E-state index contributed by atoms with van der Waals surface area (Å²) in [5.74, 6) is 0.781. The Morgan fingerprint density at radius 3 is 2.90 bits per heavy atom. The van der Waals surface area contributed by atoms with E-state index in [1.54, 1.807) is 0 Å². The van der Waals surface area contributed by atoms with Crippen LogP contribution < -0.4 is 5.73 Å². The number of allylic oxidation sites excluding steroid dienone is 1. The zero-order valence-electron chi connectivity index (χ0n) is 6.47. The van der Waals surface area contributed by atoms with Crippen molar-refractivity contribution < 1.29 is 4.74 Å². The van der Waals surface area contributed by atoms with Crippen LogP contribution in [0.15, 0.2) is 24.8 Å². The first-order chi connectivity index (χ1) is 4.81. The maximum atomic E-state index is 5.06. The first kappa shape index (κ1) is 9.08. The normalized spacial score (nSPS) is 10.1. The molecule has 0 spiro atoms. The van der Waals surface area contributed by atoms with Gasteiger partial charge in [-0.05, 0) is 6.42 Å². The standard InChI is InChI=1S/C8H15NO/c1-3-4-5-8(2)10-7-6-9/h6-7H,2-5,9H2,1H3/b7-6-. The van der Waals surface area contributed by atoms with Gasteiger partial charge in [-0.1, -0.05) is 19.9 Å². The zero-order chi connectivity index (χ0) is 7.82. The Kier molecular flexibility index (Phi) is 5.63. The van der Waals surface area contributed by atoms with Crippen LogP contribution in [0, 0.1) is 0 Å². The van der Waals surface area contributed by atoms with Crippen molar-refractivity contribution in [1.82, 2.24) is 0 Å². The summed E-state index contributed by atoms with van der Waals surface area (Å²) < 4.78 is 4.99. The molecule has 0 aliphatic heterocycles. The smallest absolute Gasteiger partial charge is 0.106 e. The average molecular weight is 141 g/mol. The molecule has 58 valence electrons. The molecule has 0 heterocycles. The third-order valence-electron chi connectivity index (χ3n) is 1.12. The fraction of sp³-hybridized carbons (Fsp3) is 0.500. The largest absolute Gasteiger partial charge is 0.468 e. The maximum Gasteiger partial charge on any atom is 0.106 e. The Hall–Kier alpha value is -0.920. The topological polar surface area (TPSA) is 35.2 Å². The highest BCUT2D eigenvalue weighted by molar-refractivity contribution is 4.85. The molecular weight excluding hydrogens is 126 g/mol. The molecule has 2 nitrogen and oxygen atoms in total. The van der Waals surface area contributed by atoms with E-state index in [1.807, 2.05) is 0 Å². The Labute approximate surface area is 62.4 Å². The molecule has 2 N–H and O–H groups in total. The molecule has 0 unspecified atom stereocenters. The predicted molar refractivity (Wildman–Crippen MR) is 43.1 cm³/mol. The first-order valence-electron chi connectivity index (χ1n) is 3.52. The summed E-state index contributed by atoms with van der Waals surface area (Å²) in [6.45, 7) is 5.83. The monoisotopic (exact) mass is 141 g/mol. The molecular formula is C8H15NO. The van der Waals surface area contributed by atoms with E-state index in [4.69, 9.17) is 10.5 Å². The van der Waals surface area contributed by atoms with E-state index in [-0.39, 0.29) is 0 Å². The van der Waals surface area contributed by atoms with Gasteiger partial charge in [0.05, 0.1) is 5.76 Å². The van der Waals surface area contributed by atoms with Crippen molar-refractivity contribution in [1.29, 1.82) is 0 Å². The maximum absolute atomic E-state index is 5.06. The summed E-state index contributed by atoms with van der Waals surface area (Å²) in [5.41, 5.74) is 5.06. The molecule has 0 bridgehead atoms. The zero-order valence-corrected chi connectivity index (χ0v) is 6.47. The highest BCUT2D eigenvalue weighted by Gasteiger charge is 1.89. The quantitative estimate of drug-likeness (QED) is 0.595. The van der Waals surface area contributed by atoms with E-state index < -0.39 is 0 Å². The number of hydrogen-bond acceptors (Lipinski definition) is 2. The van der Waals surface area contributed by atoms with E-state index in [9.17, 15) is 0 Å². The summed E-state index contributed by atoms with van der Waals surface area (Å²) in [6, 6.07) is 0. The SMILES string of the molecule is C=C(CCCC)O/C=C\N. The van der Waals surface area contributed by atoms with Gasteiger partial charge in [0.1, 0.15) is 6.26 Å². The number of unbranched alkanes of at least 4 members (excludes halogenated alkanes) is 1. The summed E-state index contributed by atoms with van der Waals surface area (Å²) in [4.78, 5) is 0. The molecule has 0 aromatic rings. The number of hydrogen-bond donors (Lipinski definition) is 1. The van der Waals surface area contributed by atoms with E-state index >= 15 is 0 Å². The fourth-order valence-electron chi connectivity index (χ4n) is 0.568.